The molecular weight excluding hydrogens is 529 g/mol. The maximum absolute atomic E-state index is 13.5. The number of halogens is 3. The number of pyridine rings is 2. The van der Waals surface area contributed by atoms with Gasteiger partial charge >= 0.3 is 6.18 Å². The lowest BCUT2D eigenvalue weighted by Crippen LogP contribution is -2.17. The molecule has 0 fully saturated rings. The number of alkyl halides is 3. The van der Waals surface area contributed by atoms with Gasteiger partial charge in [0.15, 0.2) is 5.65 Å². The molecule has 11 nitrogen and oxygen atoms in total. The molecule has 0 unspecified atom stereocenters. The Morgan fingerprint density at radius 2 is 1.95 bits per heavy atom. The van der Waals surface area contributed by atoms with Crippen LogP contribution in [0.4, 0.5) is 30.4 Å². The second-order valence-corrected chi connectivity index (χ2v) is 8.47. The molecule has 5 aromatic rings. The van der Waals surface area contributed by atoms with Crippen molar-refractivity contribution >= 4 is 34.3 Å². The lowest BCUT2D eigenvalue weighted by atomic mass is 10.1. The van der Waals surface area contributed by atoms with E-state index in [1.165, 1.54) is 12.7 Å². The SMILES string of the molecule is Cc1ccc(NC(=O)c2cc(C(F)(F)F)c(OCCO)cn2)cc1Nc1ncccc1-c1ncnc2[nH]cnc12. The van der Waals surface area contributed by atoms with E-state index in [4.69, 9.17) is 9.84 Å². The van der Waals surface area contributed by atoms with Crippen molar-refractivity contribution in [1.29, 1.82) is 0 Å². The summed E-state index contributed by atoms with van der Waals surface area (Å²) in [5.41, 5.74) is 2.41. The number of carbonyl (C=O) groups excluding carboxylic acids is 1. The summed E-state index contributed by atoms with van der Waals surface area (Å²) in [7, 11) is 0. The summed E-state index contributed by atoms with van der Waals surface area (Å²) >= 11 is 0. The number of aryl methyl sites for hydroxylation is 1. The molecule has 0 aliphatic heterocycles. The average molecular weight is 551 g/mol. The Morgan fingerprint density at radius 3 is 2.75 bits per heavy atom. The van der Waals surface area contributed by atoms with Crippen LogP contribution in [0.2, 0.25) is 0 Å². The van der Waals surface area contributed by atoms with Gasteiger partial charge in [0.1, 0.15) is 47.0 Å². The highest BCUT2D eigenvalue weighted by Crippen LogP contribution is 2.36. The zero-order chi connectivity index (χ0) is 28.3. The molecule has 0 atom stereocenters. The summed E-state index contributed by atoms with van der Waals surface area (Å²) in [6.07, 6.45) is 0.548. The van der Waals surface area contributed by atoms with Crippen molar-refractivity contribution in [2.75, 3.05) is 23.8 Å². The molecule has 0 spiro atoms. The summed E-state index contributed by atoms with van der Waals surface area (Å²) in [6.45, 7) is 1.02. The average Bonchev–Trinajstić information content (AvgIpc) is 3.43. The van der Waals surface area contributed by atoms with Crippen molar-refractivity contribution in [1.82, 2.24) is 29.9 Å². The molecule has 0 saturated carbocycles. The van der Waals surface area contributed by atoms with E-state index in [-0.39, 0.29) is 6.61 Å². The molecular formula is C26H21F3N8O3. The Bertz CT molecular complexity index is 1690. The van der Waals surface area contributed by atoms with Crippen molar-refractivity contribution in [2.45, 2.75) is 13.1 Å². The monoisotopic (exact) mass is 550 g/mol. The number of aliphatic hydroxyl groups excluding tert-OH is 1. The lowest BCUT2D eigenvalue weighted by molar-refractivity contribution is -0.139. The molecule has 4 N–H and O–H groups in total. The van der Waals surface area contributed by atoms with Crippen LogP contribution < -0.4 is 15.4 Å². The minimum atomic E-state index is -4.80. The standard InChI is InChI=1S/C26H21F3N8O3/c1-14-4-5-15(36-25(39)19-10-17(26(27,28)29)20(11-31-19)40-8-7-38)9-18(14)37-23-16(3-2-6-30-23)21-22-24(34-12-32-21)35-13-33-22/h2-6,9-13,38H,7-8H2,1H3,(H,30,37)(H,36,39)(H,32,33,34,35). The molecule has 0 radical (unpaired) electrons. The van der Waals surface area contributed by atoms with Gasteiger partial charge in [-0.25, -0.2) is 24.9 Å². The topological polar surface area (TPSA) is 151 Å². The highest BCUT2D eigenvalue weighted by molar-refractivity contribution is 6.03. The van der Waals surface area contributed by atoms with Gasteiger partial charge in [-0.15, -0.1) is 0 Å². The summed E-state index contributed by atoms with van der Waals surface area (Å²) < 4.78 is 45.6. The molecule has 0 saturated heterocycles. The predicted molar refractivity (Wildman–Crippen MR) is 139 cm³/mol. The largest absolute Gasteiger partial charge is 0.489 e. The van der Waals surface area contributed by atoms with Gasteiger partial charge in [0.05, 0.1) is 19.1 Å². The fourth-order valence-electron chi connectivity index (χ4n) is 3.87. The molecule has 0 aliphatic rings. The van der Waals surface area contributed by atoms with E-state index >= 15 is 0 Å². The maximum Gasteiger partial charge on any atom is 0.420 e. The van der Waals surface area contributed by atoms with E-state index < -0.39 is 35.7 Å². The van der Waals surface area contributed by atoms with Gasteiger partial charge in [0.2, 0.25) is 0 Å². The number of aromatic amines is 1. The van der Waals surface area contributed by atoms with Gasteiger partial charge < -0.3 is 25.5 Å². The maximum atomic E-state index is 13.5. The van der Waals surface area contributed by atoms with Crippen LogP contribution in [0.15, 0.2) is 61.4 Å². The number of rotatable bonds is 8. The van der Waals surface area contributed by atoms with E-state index in [1.807, 2.05) is 13.0 Å². The molecule has 0 aliphatic carbocycles. The van der Waals surface area contributed by atoms with Crippen LogP contribution in [-0.4, -0.2) is 54.1 Å². The number of imidazole rings is 1. The highest BCUT2D eigenvalue weighted by atomic mass is 19.4. The molecule has 5 rings (SSSR count). The quantitative estimate of drug-likeness (QED) is 0.219. The first-order chi connectivity index (χ1) is 19.2. The zero-order valence-corrected chi connectivity index (χ0v) is 20.8. The number of hydrogen-bond donors (Lipinski definition) is 4. The zero-order valence-electron chi connectivity index (χ0n) is 20.8. The molecule has 0 bridgehead atoms. The van der Waals surface area contributed by atoms with Crippen LogP contribution in [-0.2, 0) is 6.18 Å². The predicted octanol–water partition coefficient (Wildman–Crippen LogP) is 4.50. The van der Waals surface area contributed by atoms with Crippen LogP contribution in [0.3, 0.4) is 0 Å². The number of hydrogen-bond acceptors (Lipinski definition) is 9. The highest BCUT2D eigenvalue weighted by Gasteiger charge is 2.35. The van der Waals surface area contributed by atoms with Crippen molar-refractivity contribution in [3.8, 4) is 17.0 Å². The lowest BCUT2D eigenvalue weighted by Gasteiger charge is -2.15. The number of aliphatic hydroxyl groups is 1. The Labute approximate surface area is 224 Å². The first-order valence-corrected chi connectivity index (χ1v) is 11.8. The molecule has 4 aromatic heterocycles. The number of ether oxygens (including phenoxy) is 1. The van der Waals surface area contributed by atoms with Gasteiger partial charge in [-0.3, -0.25) is 4.79 Å². The third-order valence-electron chi connectivity index (χ3n) is 5.78. The second-order valence-electron chi connectivity index (χ2n) is 8.47. The van der Waals surface area contributed by atoms with Gasteiger partial charge in [0.25, 0.3) is 5.91 Å². The van der Waals surface area contributed by atoms with E-state index in [1.54, 1.807) is 30.5 Å². The smallest absolute Gasteiger partial charge is 0.420 e. The summed E-state index contributed by atoms with van der Waals surface area (Å²) in [5, 5.41) is 14.7. The van der Waals surface area contributed by atoms with Crippen LogP contribution in [0.5, 0.6) is 5.75 Å². The van der Waals surface area contributed by atoms with Gasteiger partial charge in [-0.1, -0.05) is 6.07 Å². The number of aromatic nitrogens is 6. The van der Waals surface area contributed by atoms with Crippen molar-refractivity contribution in [3.63, 3.8) is 0 Å². The van der Waals surface area contributed by atoms with Crippen LogP contribution in [0.1, 0.15) is 21.6 Å². The Hall–Kier alpha value is -5.11. The number of amides is 1. The third kappa shape index (κ3) is 5.51. The normalized spacial score (nSPS) is 11.4. The first kappa shape index (κ1) is 26.5. The molecule has 204 valence electrons. The number of H-pyrrole nitrogens is 1. The van der Waals surface area contributed by atoms with Gasteiger partial charge in [-0.2, -0.15) is 13.2 Å². The molecule has 40 heavy (non-hydrogen) atoms. The number of fused-ring (bicyclic) bond motifs is 1. The molecule has 14 heteroatoms. The number of anilines is 3. The van der Waals surface area contributed by atoms with E-state index in [0.29, 0.717) is 45.7 Å². The van der Waals surface area contributed by atoms with E-state index in [2.05, 4.69) is 40.5 Å². The fraction of sp³-hybridized carbons (Fsp3) is 0.154. The van der Waals surface area contributed by atoms with Crippen LogP contribution in [0, 0.1) is 6.92 Å². The Kier molecular flexibility index (Phi) is 7.25. The number of nitrogens with zero attached hydrogens (tertiary/aromatic N) is 5. The summed E-state index contributed by atoms with van der Waals surface area (Å²) in [5.74, 6) is -0.969. The van der Waals surface area contributed by atoms with E-state index in [0.717, 1.165) is 11.8 Å². The Balaban J connectivity index is 1.41. The van der Waals surface area contributed by atoms with Crippen molar-refractivity contribution in [2.24, 2.45) is 0 Å². The minimum Gasteiger partial charge on any atom is -0.489 e. The van der Waals surface area contributed by atoms with Crippen LogP contribution in [0.25, 0.3) is 22.4 Å². The first-order valence-electron chi connectivity index (χ1n) is 11.8. The summed E-state index contributed by atoms with van der Waals surface area (Å²) in [6, 6.07) is 9.15. The molecule has 1 amide bonds. The van der Waals surface area contributed by atoms with Crippen molar-refractivity contribution < 1.29 is 27.8 Å². The summed E-state index contributed by atoms with van der Waals surface area (Å²) in [4.78, 5) is 36.9. The van der Waals surface area contributed by atoms with E-state index in [9.17, 15) is 18.0 Å². The minimum absolute atomic E-state index is 0.309. The van der Waals surface area contributed by atoms with Crippen molar-refractivity contribution in [3.05, 3.63) is 78.3 Å². The Morgan fingerprint density at radius 1 is 1.10 bits per heavy atom. The fourth-order valence-corrected chi connectivity index (χ4v) is 3.87. The number of nitrogens with one attached hydrogen (secondary N) is 3. The number of carbonyl (C=O) groups is 1. The number of benzene rings is 1. The second kappa shape index (κ2) is 10.9. The molecule has 1 aromatic carbocycles. The molecule has 4 heterocycles. The van der Waals surface area contributed by atoms with Gasteiger partial charge in [-0.05, 0) is 42.8 Å². The van der Waals surface area contributed by atoms with Gasteiger partial charge in [0, 0.05) is 23.1 Å². The van der Waals surface area contributed by atoms with Crippen LogP contribution >= 0.6 is 0 Å². The third-order valence-corrected chi connectivity index (χ3v) is 5.78.